The van der Waals surface area contributed by atoms with Gasteiger partial charge in [0, 0.05) is 24.0 Å². The highest BCUT2D eigenvalue weighted by molar-refractivity contribution is 6.30. The van der Waals surface area contributed by atoms with Crippen LogP contribution in [-0.4, -0.2) is 23.8 Å². The summed E-state index contributed by atoms with van der Waals surface area (Å²) in [7, 11) is 0. The first-order valence-electron chi connectivity index (χ1n) is 7.29. The van der Waals surface area contributed by atoms with E-state index in [-0.39, 0.29) is 0 Å². The van der Waals surface area contributed by atoms with E-state index in [2.05, 4.69) is 11.0 Å². The molecule has 1 aliphatic heterocycles. The summed E-state index contributed by atoms with van der Waals surface area (Å²) in [5.74, 6) is 0.326. The fourth-order valence-electron chi connectivity index (χ4n) is 3.66. The first kappa shape index (κ1) is 13.7. The van der Waals surface area contributed by atoms with Crippen molar-refractivity contribution in [1.29, 1.82) is 5.26 Å². The lowest BCUT2D eigenvalue weighted by Crippen LogP contribution is -2.53. The molecule has 0 bridgehead atoms. The summed E-state index contributed by atoms with van der Waals surface area (Å²) in [4.78, 5) is 2.24. The van der Waals surface area contributed by atoms with Crippen LogP contribution in [0.15, 0.2) is 18.2 Å². The van der Waals surface area contributed by atoms with Crippen LogP contribution in [0.5, 0.6) is 0 Å². The van der Waals surface area contributed by atoms with Crippen molar-refractivity contribution in [2.75, 3.05) is 18.0 Å². The number of piperidine rings is 1. The Hall–Kier alpha value is -1.24. The van der Waals surface area contributed by atoms with Gasteiger partial charge in [-0.3, -0.25) is 0 Å². The minimum atomic E-state index is -0.478. The number of hydrogen-bond acceptors (Lipinski definition) is 3. The van der Waals surface area contributed by atoms with E-state index in [0.29, 0.717) is 16.5 Å². The van der Waals surface area contributed by atoms with E-state index in [4.69, 9.17) is 11.6 Å². The highest BCUT2D eigenvalue weighted by Gasteiger charge is 2.42. The molecule has 0 spiro atoms. The number of halogens is 1. The normalized spacial score (nSPS) is 29.6. The average Bonchev–Trinajstić information content (AvgIpc) is 2.46. The lowest BCUT2D eigenvalue weighted by atomic mass is 9.71. The fourth-order valence-corrected chi connectivity index (χ4v) is 3.84. The predicted octanol–water partition coefficient (Wildman–Crippen LogP) is 3.34. The third-order valence-corrected chi connectivity index (χ3v) is 5.08. The first-order valence-corrected chi connectivity index (χ1v) is 7.67. The lowest BCUT2D eigenvalue weighted by Gasteiger charge is -2.48. The molecule has 1 N–H and O–H groups in total. The standard InChI is InChI=1S/C16H19ClN2O/c17-14-4-5-15(12(9-14)10-18)19-8-7-16(20)6-2-1-3-13(16)11-19/h4-5,9,13,20H,1-3,6-8,11H2. The van der Waals surface area contributed by atoms with Gasteiger partial charge in [-0.2, -0.15) is 5.26 Å². The summed E-state index contributed by atoms with van der Waals surface area (Å²) in [6, 6.07) is 7.70. The smallest absolute Gasteiger partial charge is 0.101 e. The Morgan fingerprint density at radius 2 is 2.20 bits per heavy atom. The molecule has 2 unspecified atom stereocenters. The van der Waals surface area contributed by atoms with E-state index in [1.807, 2.05) is 12.1 Å². The summed E-state index contributed by atoms with van der Waals surface area (Å²) < 4.78 is 0. The van der Waals surface area contributed by atoms with Crippen LogP contribution in [-0.2, 0) is 0 Å². The van der Waals surface area contributed by atoms with E-state index in [1.54, 1.807) is 6.07 Å². The molecule has 1 aromatic carbocycles. The summed E-state index contributed by atoms with van der Waals surface area (Å²) in [5.41, 5.74) is 1.09. The Balaban J connectivity index is 1.85. The summed E-state index contributed by atoms with van der Waals surface area (Å²) in [6.07, 6.45) is 5.15. The van der Waals surface area contributed by atoms with Crippen LogP contribution < -0.4 is 4.90 Å². The van der Waals surface area contributed by atoms with E-state index >= 15 is 0 Å². The quantitative estimate of drug-likeness (QED) is 0.863. The minimum Gasteiger partial charge on any atom is -0.389 e. The van der Waals surface area contributed by atoms with Gasteiger partial charge in [-0.15, -0.1) is 0 Å². The fraction of sp³-hybridized carbons (Fsp3) is 0.562. The largest absolute Gasteiger partial charge is 0.389 e. The highest BCUT2D eigenvalue weighted by Crippen LogP contribution is 2.41. The van der Waals surface area contributed by atoms with Crippen LogP contribution in [0.1, 0.15) is 37.7 Å². The molecule has 1 aromatic rings. The topological polar surface area (TPSA) is 47.3 Å². The third kappa shape index (κ3) is 2.39. The Kier molecular flexibility index (Phi) is 3.62. The zero-order valence-electron chi connectivity index (χ0n) is 11.5. The van der Waals surface area contributed by atoms with E-state index in [9.17, 15) is 10.4 Å². The van der Waals surface area contributed by atoms with Crippen LogP contribution >= 0.6 is 11.6 Å². The van der Waals surface area contributed by atoms with Gasteiger partial charge in [-0.05, 0) is 37.5 Å². The minimum absolute atomic E-state index is 0.326. The second kappa shape index (κ2) is 5.27. The van der Waals surface area contributed by atoms with Crippen LogP contribution in [0, 0.1) is 17.2 Å². The van der Waals surface area contributed by atoms with Gasteiger partial charge in [0.05, 0.1) is 16.9 Å². The number of anilines is 1. The molecule has 2 aliphatic rings. The Labute approximate surface area is 124 Å². The summed E-state index contributed by atoms with van der Waals surface area (Å²) in [6.45, 7) is 1.65. The number of aliphatic hydroxyl groups is 1. The molecule has 0 radical (unpaired) electrons. The van der Waals surface area contributed by atoms with Crippen molar-refractivity contribution < 1.29 is 5.11 Å². The van der Waals surface area contributed by atoms with Gasteiger partial charge in [0.25, 0.3) is 0 Å². The van der Waals surface area contributed by atoms with Gasteiger partial charge in [0.2, 0.25) is 0 Å². The molecule has 4 heteroatoms. The SMILES string of the molecule is N#Cc1cc(Cl)ccc1N1CCC2(O)CCCCC2C1. The van der Waals surface area contributed by atoms with E-state index in [1.165, 1.54) is 6.42 Å². The molecule has 1 heterocycles. The molecule has 2 fully saturated rings. The van der Waals surface area contributed by atoms with Gasteiger partial charge in [-0.1, -0.05) is 24.4 Å². The Morgan fingerprint density at radius 1 is 1.35 bits per heavy atom. The molecule has 1 saturated carbocycles. The number of hydrogen-bond donors (Lipinski definition) is 1. The van der Waals surface area contributed by atoms with Gasteiger partial charge >= 0.3 is 0 Å². The number of nitriles is 1. The van der Waals surface area contributed by atoms with Crippen molar-refractivity contribution >= 4 is 17.3 Å². The van der Waals surface area contributed by atoms with E-state index < -0.39 is 5.60 Å². The van der Waals surface area contributed by atoms with Crippen molar-refractivity contribution in [3.63, 3.8) is 0 Å². The molecular formula is C16H19ClN2O. The molecule has 3 rings (SSSR count). The maximum Gasteiger partial charge on any atom is 0.101 e. The van der Waals surface area contributed by atoms with Crippen LogP contribution in [0.4, 0.5) is 5.69 Å². The monoisotopic (exact) mass is 290 g/mol. The number of benzene rings is 1. The van der Waals surface area contributed by atoms with Crippen LogP contribution in [0.25, 0.3) is 0 Å². The molecule has 1 saturated heterocycles. The second-order valence-electron chi connectivity index (χ2n) is 6.02. The van der Waals surface area contributed by atoms with Crippen molar-refractivity contribution in [2.45, 2.75) is 37.7 Å². The van der Waals surface area contributed by atoms with Crippen LogP contribution in [0.3, 0.4) is 0 Å². The Morgan fingerprint density at radius 3 is 3.00 bits per heavy atom. The highest BCUT2D eigenvalue weighted by atomic mass is 35.5. The second-order valence-corrected chi connectivity index (χ2v) is 6.45. The Bertz CT molecular complexity index is 554. The number of rotatable bonds is 1. The number of nitrogens with zero attached hydrogens (tertiary/aromatic N) is 2. The molecule has 3 nitrogen and oxygen atoms in total. The molecule has 2 atom stereocenters. The van der Waals surface area contributed by atoms with Gasteiger partial charge in [-0.25, -0.2) is 0 Å². The number of fused-ring (bicyclic) bond motifs is 1. The van der Waals surface area contributed by atoms with Gasteiger partial charge in [0.1, 0.15) is 6.07 Å². The molecule has 20 heavy (non-hydrogen) atoms. The average molecular weight is 291 g/mol. The van der Waals surface area contributed by atoms with Gasteiger partial charge < -0.3 is 10.0 Å². The lowest BCUT2D eigenvalue weighted by molar-refractivity contribution is -0.0612. The predicted molar refractivity (Wildman–Crippen MR) is 79.9 cm³/mol. The summed E-state index contributed by atoms with van der Waals surface area (Å²) >= 11 is 5.96. The van der Waals surface area contributed by atoms with Crippen molar-refractivity contribution in [1.82, 2.24) is 0 Å². The molecule has 0 aromatic heterocycles. The van der Waals surface area contributed by atoms with Crippen molar-refractivity contribution in [3.05, 3.63) is 28.8 Å². The molecule has 1 aliphatic carbocycles. The molecule has 106 valence electrons. The molecule has 0 amide bonds. The molecular weight excluding hydrogens is 272 g/mol. The van der Waals surface area contributed by atoms with Crippen LogP contribution in [0.2, 0.25) is 5.02 Å². The first-order chi connectivity index (χ1) is 9.62. The maximum atomic E-state index is 10.7. The third-order valence-electron chi connectivity index (χ3n) is 4.85. The zero-order valence-corrected chi connectivity index (χ0v) is 12.2. The van der Waals surface area contributed by atoms with Crippen molar-refractivity contribution in [3.8, 4) is 6.07 Å². The van der Waals surface area contributed by atoms with Gasteiger partial charge in [0.15, 0.2) is 0 Å². The van der Waals surface area contributed by atoms with Crippen molar-refractivity contribution in [2.24, 2.45) is 5.92 Å². The zero-order chi connectivity index (χ0) is 14.2. The van der Waals surface area contributed by atoms with E-state index in [0.717, 1.165) is 44.5 Å². The maximum absolute atomic E-state index is 10.7. The summed E-state index contributed by atoms with van der Waals surface area (Å²) in [5, 5.41) is 20.6.